The van der Waals surface area contributed by atoms with Crippen LogP contribution in [0.25, 0.3) is 10.8 Å². The molecule has 2 N–H and O–H groups in total. The zero-order chi connectivity index (χ0) is 15.7. The van der Waals surface area contributed by atoms with Gasteiger partial charge in [0.1, 0.15) is 0 Å². The fourth-order valence-electron chi connectivity index (χ4n) is 2.78. The topological polar surface area (TPSA) is 74.8 Å². The van der Waals surface area contributed by atoms with Crippen molar-refractivity contribution in [2.45, 2.75) is 36.1 Å². The van der Waals surface area contributed by atoms with Crippen LogP contribution in [0.5, 0.6) is 0 Å². The van der Waals surface area contributed by atoms with Crippen molar-refractivity contribution in [3.8, 4) is 0 Å². The Morgan fingerprint density at radius 1 is 1.23 bits per heavy atom. The van der Waals surface area contributed by atoms with Gasteiger partial charge in [0, 0.05) is 11.4 Å². The molecule has 1 amide bonds. The molecule has 0 bridgehead atoms. The molecule has 3 atom stereocenters. The molecule has 1 aliphatic rings. The zero-order valence-corrected chi connectivity index (χ0v) is 13.2. The third-order valence-corrected chi connectivity index (χ3v) is 5.18. The first kappa shape index (κ1) is 15.3. The van der Waals surface area contributed by atoms with E-state index >= 15 is 0 Å². The lowest BCUT2D eigenvalue weighted by atomic mass is 9.94. The number of aromatic amines is 1. The summed E-state index contributed by atoms with van der Waals surface area (Å²) in [6.45, 7) is 0. The number of halogens is 2. The van der Waals surface area contributed by atoms with Crippen molar-refractivity contribution in [1.29, 1.82) is 0 Å². The van der Waals surface area contributed by atoms with E-state index in [2.05, 4.69) is 15.5 Å². The highest BCUT2D eigenvalue weighted by Gasteiger charge is 2.32. The predicted octanol–water partition coefficient (Wildman–Crippen LogP) is 2.42. The second-order valence-electron chi connectivity index (χ2n) is 5.42. The lowest BCUT2D eigenvalue weighted by Gasteiger charge is -2.31. The molecule has 5 nitrogen and oxygen atoms in total. The summed E-state index contributed by atoms with van der Waals surface area (Å²) in [5.41, 5.74) is -0.128. The Hall–Kier alpha value is -1.59. The molecule has 3 unspecified atom stereocenters. The summed E-state index contributed by atoms with van der Waals surface area (Å²) in [6.07, 6.45) is 2.55. The first-order valence-corrected chi connectivity index (χ1v) is 8.01. The number of nitrogens with one attached hydrogen (secondary N) is 2. The molecule has 0 radical (unpaired) electrons. The van der Waals surface area contributed by atoms with E-state index in [0.29, 0.717) is 10.8 Å². The Kier molecular flexibility index (Phi) is 4.36. The Morgan fingerprint density at radius 3 is 2.73 bits per heavy atom. The van der Waals surface area contributed by atoms with E-state index in [-0.39, 0.29) is 34.0 Å². The number of amides is 1. The van der Waals surface area contributed by atoms with Crippen LogP contribution in [0.3, 0.4) is 0 Å². The lowest BCUT2D eigenvalue weighted by Crippen LogP contribution is -2.47. The molecule has 1 aliphatic carbocycles. The third kappa shape index (κ3) is 2.83. The van der Waals surface area contributed by atoms with E-state index in [4.69, 9.17) is 23.2 Å². The fraction of sp³-hybridized carbons (Fsp3) is 0.400. The van der Waals surface area contributed by atoms with Crippen LogP contribution in [-0.2, 0) is 0 Å². The number of fused-ring (bicyclic) bond motifs is 1. The molecule has 1 saturated carbocycles. The maximum Gasteiger partial charge on any atom is 0.272 e. The summed E-state index contributed by atoms with van der Waals surface area (Å²) in [5, 5.41) is 9.63. The van der Waals surface area contributed by atoms with Gasteiger partial charge in [-0.15, -0.1) is 23.2 Å². The van der Waals surface area contributed by atoms with Crippen LogP contribution in [-0.4, -0.2) is 32.9 Å². The first-order chi connectivity index (χ1) is 10.6. The van der Waals surface area contributed by atoms with Gasteiger partial charge in [0.2, 0.25) is 0 Å². The minimum Gasteiger partial charge on any atom is -0.346 e. The number of benzene rings is 1. The number of carbonyl (C=O) groups is 1. The number of H-pyrrole nitrogens is 1. The van der Waals surface area contributed by atoms with Crippen LogP contribution in [0.15, 0.2) is 29.1 Å². The van der Waals surface area contributed by atoms with Crippen LogP contribution >= 0.6 is 23.2 Å². The standard InChI is InChI=1S/C15H15Cl2N3O2/c16-10-6-3-7-11(12(10)17)18-15(22)13-8-4-1-2-5-9(8)14(21)20-19-13/h1-2,4-5,10-12H,3,6-7H2,(H,18,22)(H,20,21). The SMILES string of the molecule is O=C(NC1CCCC(Cl)C1Cl)c1n[nH]c(=O)c2ccccc12. The van der Waals surface area contributed by atoms with Crippen LogP contribution in [0.4, 0.5) is 0 Å². The monoisotopic (exact) mass is 339 g/mol. The van der Waals surface area contributed by atoms with Crippen molar-refractivity contribution in [3.05, 3.63) is 40.3 Å². The molecule has 22 heavy (non-hydrogen) atoms. The number of rotatable bonds is 2. The van der Waals surface area contributed by atoms with Gasteiger partial charge in [-0.05, 0) is 25.3 Å². The molecule has 1 fully saturated rings. The molecule has 116 valence electrons. The summed E-state index contributed by atoms with van der Waals surface area (Å²) in [4.78, 5) is 24.2. The van der Waals surface area contributed by atoms with Gasteiger partial charge in [0.05, 0.1) is 16.1 Å². The van der Waals surface area contributed by atoms with E-state index in [1.54, 1.807) is 24.3 Å². The summed E-state index contributed by atoms with van der Waals surface area (Å²) >= 11 is 12.4. The van der Waals surface area contributed by atoms with Gasteiger partial charge in [-0.3, -0.25) is 9.59 Å². The first-order valence-electron chi connectivity index (χ1n) is 7.14. The molecule has 1 aromatic heterocycles. The van der Waals surface area contributed by atoms with Gasteiger partial charge in [-0.1, -0.05) is 18.2 Å². The highest BCUT2D eigenvalue weighted by Crippen LogP contribution is 2.28. The number of alkyl halides is 2. The van der Waals surface area contributed by atoms with Gasteiger partial charge >= 0.3 is 0 Å². The number of aromatic nitrogens is 2. The lowest BCUT2D eigenvalue weighted by molar-refractivity contribution is 0.0925. The number of hydrogen-bond acceptors (Lipinski definition) is 3. The molecule has 1 aromatic carbocycles. The van der Waals surface area contributed by atoms with Gasteiger partial charge in [-0.2, -0.15) is 5.10 Å². The molecule has 3 rings (SSSR count). The summed E-state index contributed by atoms with van der Waals surface area (Å²) in [7, 11) is 0. The average Bonchev–Trinajstić information content (AvgIpc) is 2.52. The van der Waals surface area contributed by atoms with Crippen LogP contribution < -0.4 is 10.9 Å². The summed E-state index contributed by atoms with van der Waals surface area (Å²) in [6, 6.07) is 6.67. The number of nitrogens with zero attached hydrogens (tertiary/aromatic N) is 1. The van der Waals surface area contributed by atoms with Crippen LogP contribution in [0.1, 0.15) is 29.8 Å². The highest BCUT2D eigenvalue weighted by atomic mass is 35.5. The van der Waals surface area contributed by atoms with Gasteiger partial charge in [0.15, 0.2) is 5.69 Å². The largest absolute Gasteiger partial charge is 0.346 e. The van der Waals surface area contributed by atoms with E-state index in [0.717, 1.165) is 19.3 Å². The molecule has 0 aliphatic heterocycles. The van der Waals surface area contributed by atoms with E-state index in [9.17, 15) is 9.59 Å². The molecular formula is C15H15Cl2N3O2. The maximum absolute atomic E-state index is 12.5. The van der Waals surface area contributed by atoms with Crippen molar-refractivity contribution in [2.24, 2.45) is 0 Å². The van der Waals surface area contributed by atoms with Gasteiger partial charge in [-0.25, -0.2) is 5.10 Å². The van der Waals surface area contributed by atoms with Crippen molar-refractivity contribution in [2.75, 3.05) is 0 Å². The molecule has 0 saturated heterocycles. The minimum absolute atomic E-state index is 0.152. The van der Waals surface area contributed by atoms with Crippen molar-refractivity contribution in [1.82, 2.24) is 15.5 Å². The summed E-state index contributed by atoms with van der Waals surface area (Å²) < 4.78 is 0. The van der Waals surface area contributed by atoms with Crippen molar-refractivity contribution < 1.29 is 4.79 Å². The Labute approximate surface area is 137 Å². The molecule has 2 aromatic rings. The second kappa shape index (κ2) is 6.26. The smallest absolute Gasteiger partial charge is 0.272 e. The fourth-order valence-corrected chi connectivity index (χ4v) is 3.42. The van der Waals surface area contributed by atoms with Crippen LogP contribution in [0, 0.1) is 0 Å². The molecule has 7 heteroatoms. The van der Waals surface area contributed by atoms with Crippen molar-refractivity contribution in [3.63, 3.8) is 0 Å². The number of hydrogen-bond donors (Lipinski definition) is 2. The Bertz CT molecular complexity index is 762. The Morgan fingerprint density at radius 2 is 1.95 bits per heavy atom. The quantitative estimate of drug-likeness (QED) is 0.825. The van der Waals surface area contributed by atoms with Gasteiger partial charge in [0.25, 0.3) is 11.5 Å². The van der Waals surface area contributed by atoms with E-state index in [1.807, 2.05) is 0 Å². The highest BCUT2D eigenvalue weighted by molar-refractivity contribution is 6.30. The van der Waals surface area contributed by atoms with E-state index < -0.39 is 0 Å². The zero-order valence-electron chi connectivity index (χ0n) is 11.7. The second-order valence-corrected chi connectivity index (χ2v) is 6.48. The van der Waals surface area contributed by atoms with Crippen LogP contribution in [0.2, 0.25) is 0 Å². The Balaban J connectivity index is 1.90. The number of carbonyl (C=O) groups excluding carboxylic acids is 1. The predicted molar refractivity (Wildman–Crippen MR) is 86.8 cm³/mol. The molecule has 1 heterocycles. The van der Waals surface area contributed by atoms with Gasteiger partial charge < -0.3 is 5.32 Å². The molecule has 0 spiro atoms. The third-order valence-electron chi connectivity index (χ3n) is 3.95. The molecular weight excluding hydrogens is 325 g/mol. The average molecular weight is 340 g/mol. The van der Waals surface area contributed by atoms with Crippen molar-refractivity contribution >= 4 is 39.9 Å². The minimum atomic E-state index is -0.353. The normalized spacial score (nSPS) is 25.1. The van der Waals surface area contributed by atoms with E-state index in [1.165, 1.54) is 0 Å². The maximum atomic E-state index is 12.5. The summed E-state index contributed by atoms with van der Waals surface area (Å²) in [5.74, 6) is -0.353.